The Morgan fingerprint density at radius 1 is 0.692 bits per heavy atom. The van der Waals surface area contributed by atoms with E-state index in [4.69, 9.17) is 0 Å². The minimum absolute atomic E-state index is 0.398. The summed E-state index contributed by atoms with van der Waals surface area (Å²) in [5, 5.41) is 0. The normalized spacial score (nSPS) is 14.6. The van der Waals surface area contributed by atoms with Gasteiger partial charge in [-0.05, 0) is 44.9 Å². The van der Waals surface area contributed by atoms with Crippen LogP contribution in [0.25, 0.3) is 0 Å². The molecule has 0 aromatic carbocycles. The van der Waals surface area contributed by atoms with Crippen LogP contribution in [0.4, 0.5) is 0 Å². The SMILES string of the molecule is CCCCCCCC/C=C/CCCCCCCCCC(=O)N1CCCC1. The van der Waals surface area contributed by atoms with E-state index < -0.39 is 0 Å². The van der Waals surface area contributed by atoms with E-state index >= 15 is 0 Å². The quantitative estimate of drug-likeness (QED) is 0.194. The number of amides is 1. The minimum Gasteiger partial charge on any atom is -0.343 e. The van der Waals surface area contributed by atoms with Gasteiger partial charge in [0.15, 0.2) is 0 Å². The number of carbonyl (C=O) groups is 1. The van der Waals surface area contributed by atoms with Crippen molar-refractivity contribution in [2.45, 2.75) is 122 Å². The second-order valence-electron chi connectivity index (χ2n) is 8.13. The zero-order chi connectivity index (χ0) is 18.7. The number of hydrogen-bond donors (Lipinski definition) is 0. The van der Waals surface area contributed by atoms with Crippen LogP contribution in [0.15, 0.2) is 12.2 Å². The van der Waals surface area contributed by atoms with Crippen LogP contribution in [0.3, 0.4) is 0 Å². The van der Waals surface area contributed by atoms with E-state index in [1.807, 2.05) is 0 Å². The molecule has 0 spiro atoms. The van der Waals surface area contributed by atoms with Crippen molar-refractivity contribution in [1.29, 1.82) is 0 Å². The summed E-state index contributed by atoms with van der Waals surface area (Å²) >= 11 is 0. The molecule has 26 heavy (non-hydrogen) atoms. The fraction of sp³-hybridized carbons (Fsp3) is 0.875. The Morgan fingerprint density at radius 2 is 1.15 bits per heavy atom. The Labute approximate surface area is 163 Å². The monoisotopic (exact) mass is 363 g/mol. The van der Waals surface area contributed by atoms with Gasteiger partial charge in [-0.2, -0.15) is 0 Å². The second kappa shape index (κ2) is 17.6. The average molecular weight is 364 g/mol. The molecule has 1 fully saturated rings. The molecule has 1 amide bonds. The van der Waals surface area contributed by atoms with Crippen LogP contribution in [-0.2, 0) is 4.79 Å². The Kier molecular flexibility index (Phi) is 15.8. The third-order valence-corrected chi connectivity index (χ3v) is 5.61. The zero-order valence-corrected chi connectivity index (χ0v) is 17.7. The van der Waals surface area contributed by atoms with Crippen molar-refractivity contribution < 1.29 is 4.79 Å². The van der Waals surface area contributed by atoms with Crippen molar-refractivity contribution in [2.24, 2.45) is 0 Å². The summed E-state index contributed by atoms with van der Waals surface area (Å²) in [4.78, 5) is 14.0. The standard InChI is InChI=1S/C24H45NO/c1-2-3-4-5-6-7-8-9-10-11-12-13-14-15-16-17-18-21-24(26)25-22-19-20-23-25/h9-10H,2-8,11-23H2,1H3/b10-9+. The lowest BCUT2D eigenvalue weighted by Crippen LogP contribution is -2.27. The summed E-state index contributed by atoms with van der Waals surface area (Å²) in [7, 11) is 0. The van der Waals surface area contributed by atoms with Crippen LogP contribution < -0.4 is 0 Å². The summed E-state index contributed by atoms with van der Waals surface area (Å²) in [6.45, 7) is 4.29. The van der Waals surface area contributed by atoms with Gasteiger partial charge in [-0.1, -0.05) is 83.3 Å². The first kappa shape index (κ1) is 23.2. The van der Waals surface area contributed by atoms with Crippen molar-refractivity contribution in [2.75, 3.05) is 13.1 Å². The third kappa shape index (κ3) is 13.4. The van der Waals surface area contributed by atoms with E-state index in [1.54, 1.807) is 0 Å². The van der Waals surface area contributed by atoms with Gasteiger partial charge in [0, 0.05) is 19.5 Å². The largest absolute Gasteiger partial charge is 0.343 e. The van der Waals surface area contributed by atoms with Crippen molar-refractivity contribution in [3.8, 4) is 0 Å². The Balaban J connectivity index is 1.74. The highest BCUT2D eigenvalue weighted by atomic mass is 16.2. The predicted octanol–water partition coefficient (Wildman–Crippen LogP) is 7.43. The summed E-state index contributed by atoms with van der Waals surface area (Å²) in [6.07, 6.45) is 28.0. The van der Waals surface area contributed by atoms with E-state index in [1.165, 1.54) is 103 Å². The summed E-state index contributed by atoms with van der Waals surface area (Å²) in [5.41, 5.74) is 0. The van der Waals surface area contributed by atoms with E-state index in [0.717, 1.165) is 25.9 Å². The van der Waals surface area contributed by atoms with Gasteiger partial charge in [0.05, 0.1) is 0 Å². The molecular formula is C24H45NO. The van der Waals surface area contributed by atoms with Crippen LogP contribution in [0.5, 0.6) is 0 Å². The van der Waals surface area contributed by atoms with Gasteiger partial charge in [0.1, 0.15) is 0 Å². The van der Waals surface area contributed by atoms with Crippen LogP contribution in [0.1, 0.15) is 122 Å². The molecule has 2 nitrogen and oxygen atoms in total. The number of nitrogens with zero attached hydrogens (tertiary/aromatic N) is 1. The summed E-state index contributed by atoms with van der Waals surface area (Å²) < 4.78 is 0. The van der Waals surface area contributed by atoms with Crippen LogP contribution in [0, 0.1) is 0 Å². The van der Waals surface area contributed by atoms with Crippen molar-refractivity contribution >= 4 is 5.91 Å². The molecule has 0 unspecified atom stereocenters. The first-order chi connectivity index (χ1) is 12.8. The zero-order valence-electron chi connectivity index (χ0n) is 17.7. The molecule has 1 saturated heterocycles. The van der Waals surface area contributed by atoms with Crippen molar-refractivity contribution in [3.05, 3.63) is 12.2 Å². The number of rotatable bonds is 17. The van der Waals surface area contributed by atoms with Gasteiger partial charge in [0.2, 0.25) is 5.91 Å². The molecule has 0 saturated carbocycles. The van der Waals surface area contributed by atoms with Gasteiger partial charge in [-0.3, -0.25) is 4.79 Å². The highest BCUT2D eigenvalue weighted by Crippen LogP contribution is 2.13. The number of hydrogen-bond acceptors (Lipinski definition) is 1. The molecule has 1 rings (SSSR count). The van der Waals surface area contributed by atoms with Gasteiger partial charge in [-0.25, -0.2) is 0 Å². The van der Waals surface area contributed by atoms with Crippen LogP contribution in [0.2, 0.25) is 0 Å². The fourth-order valence-corrected chi connectivity index (χ4v) is 3.83. The molecule has 1 heterocycles. The first-order valence-electron chi connectivity index (χ1n) is 11.8. The molecule has 1 aliphatic heterocycles. The maximum atomic E-state index is 11.9. The van der Waals surface area contributed by atoms with E-state index in [9.17, 15) is 4.79 Å². The number of likely N-dealkylation sites (tertiary alicyclic amines) is 1. The molecule has 2 heteroatoms. The first-order valence-corrected chi connectivity index (χ1v) is 11.8. The van der Waals surface area contributed by atoms with Gasteiger partial charge >= 0.3 is 0 Å². The van der Waals surface area contributed by atoms with Gasteiger partial charge in [0.25, 0.3) is 0 Å². The molecular weight excluding hydrogens is 318 g/mol. The van der Waals surface area contributed by atoms with E-state index in [-0.39, 0.29) is 0 Å². The second-order valence-corrected chi connectivity index (χ2v) is 8.13. The minimum atomic E-state index is 0.398. The molecule has 152 valence electrons. The number of carbonyl (C=O) groups excluding carboxylic acids is 1. The Morgan fingerprint density at radius 3 is 1.69 bits per heavy atom. The van der Waals surface area contributed by atoms with Crippen LogP contribution in [-0.4, -0.2) is 23.9 Å². The van der Waals surface area contributed by atoms with E-state index in [0.29, 0.717) is 5.91 Å². The predicted molar refractivity (Wildman–Crippen MR) is 115 cm³/mol. The topological polar surface area (TPSA) is 20.3 Å². The molecule has 1 aliphatic rings. The van der Waals surface area contributed by atoms with Gasteiger partial charge in [-0.15, -0.1) is 0 Å². The number of unbranched alkanes of at least 4 members (excludes halogenated alkanes) is 13. The highest BCUT2D eigenvalue weighted by molar-refractivity contribution is 5.76. The molecule has 0 aromatic heterocycles. The van der Waals surface area contributed by atoms with Gasteiger partial charge < -0.3 is 4.90 Å². The molecule has 0 radical (unpaired) electrons. The van der Waals surface area contributed by atoms with E-state index in [2.05, 4.69) is 24.0 Å². The Bertz CT molecular complexity index is 344. The lowest BCUT2D eigenvalue weighted by Gasteiger charge is -2.14. The molecule has 0 aliphatic carbocycles. The molecule has 0 aromatic rings. The summed E-state index contributed by atoms with van der Waals surface area (Å²) in [5.74, 6) is 0.398. The maximum Gasteiger partial charge on any atom is 0.222 e. The molecule has 0 N–H and O–H groups in total. The van der Waals surface area contributed by atoms with Crippen LogP contribution >= 0.6 is 0 Å². The smallest absolute Gasteiger partial charge is 0.222 e. The average Bonchev–Trinajstić information content (AvgIpc) is 3.19. The Hall–Kier alpha value is -0.790. The summed E-state index contributed by atoms with van der Waals surface area (Å²) in [6, 6.07) is 0. The third-order valence-electron chi connectivity index (χ3n) is 5.61. The lowest BCUT2D eigenvalue weighted by molar-refractivity contribution is -0.130. The molecule has 0 bridgehead atoms. The fourth-order valence-electron chi connectivity index (χ4n) is 3.83. The molecule has 0 atom stereocenters. The number of allylic oxidation sites excluding steroid dienone is 2. The lowest BCUT2D eigenvalue weighted by atomic mass is 10.1. The van der Waals surface area contributed by atoms with Crippen molar-refractivity contribution in [1.82, 2.24) is 4.90 Å². The maximum absolute atomic E-state index is 11.9. The highest BCUT2D eigenvalue weighted by Gasteiger charge is 2.16. The van der Waals surface area contributed by atoms with Crippen molar-refractivity contribution in [3.63, 3.8) is 0 Å².